The maximum absolute atomic E-state index is 14.0. The summed E-state index contributed by atoms with van der Waals surface area (Å²) in [5.41, 5.74) is 10.7. The van der Waals surface area contributed by atoms with Crippen molar-refractivity contribution in [3.8, 4) is 5.69 Å². The highest BCUT2D eigenvalue weighted by molar-refractivity contribution is 6.31. The predicted octanol–water partition coefficient (Wildman–Crippen LogP) is 4.50. The SMILES string of the molecule is Nc1nc2ccc(C(=O)N(Cc3ccc(-n4ccnc4)cc3Cl)C34CC(C3)C4)cc2n2cncc12. The van der Waals surface area contributed by atoms with Gasteiger partial charge in [0.25, 0.3) is 5.91 Å². The molecule has 3 heterocycles. The molecule has 0 radical (unpaired) electrons. The summed E-state index contributed by atoms with van der Waals surface area (Å²) >= 11 is 6.71. The minimum atomic E-state index is -0.0766. The van der Waals surface area contributed by atoms with Gasteiger partial charge in [0.15, 0.2) is 0 Å². The number of nitrogens with zero attached hydrogens (tertiary/aromatic N) is 6. The van der Waals surface area contributed by atoms with Gasteiger partial charge in [0.1, 0.15) is 11.3 Å². The average Bonchev–Trinajstić information content (AvgIpc) is 3.50. The monoisotopic (exact) mass is 483 g/mol. The second-order valence-corrected chi connectivity index (χ2v) is 10.1. The number of hydrogen-bond donors (Lipinski definition) is 1. The van der Waals surface area contributed by atoms with Crippen LogP contribution in [-0.2, 0) is 6.54 Å². The van der Waals surface area contributed by atoms with Crippen molar-refractivity contribution in [3.63, 3.8) is 0 Å². The molecule has 0 spiro atoms. The number of nitrogen functional groups attached to an aromatic ring is 1. The first-order chi connectivity index (χ1) is 17.0. The Labute approximate surface area is 206 Å². The van der Waals surface area contributed by atoms with Gasteiger partial charge in [0.2, 0.25) is 0 Å². The molecule has 2 bridgehead atoms. The number of rotatable bonds is 5. The van der Waals surface area contributed by atoms with E-state index in [9.17, 15) is 4.79 Å². The Morgan fingerprint density at radius 2 is 1.97 bits per heavy atom. The first kappa shape index (κ1) is 20.5. The van der Waals surface area contributed by atoms with Gasteiger partial charge >= 0.3 is 0 Å². The van der Waals surface area contributed by atoms with E-state index in [2.05, 4.69) is 15.0 Å². The molecule has 3 aliphatic carbocycles. The molecule has 8 nitrogen and oxygen atoms in total. The van der Waals surface area contributed by atoms with E-state index in [1.165, 1.54) is 0 Å². The fourth-order valence-corrected chi connectivity index (χ4v) is 5.82. The Bertz CT molecular complexity index is 1610. The second-order valence-electron chi connectivity index (χ2n) is 9.69. The summed E-state index contributed by atoms with van der Waals surface area (Å²) in [6.07, 6.45) is 11.9. The molecular formula is C26H22ClN7O. The van der Waals surface area contributed by atoms with Crippen LogP contribution in [0.25, 0.3) is 22.2 Å². The number of carbonyl (C=O) groups is 1. The molecule has 2 aromatic carbocycles. The molecule has 3 saturated carbocycles. The normalized spacial score (nSPS) is 20.5. The molecule has 0 aliphatic heterocycles. The van der Waals surface area contributed by atoms with Crippen molar-refractivity contribution in [2.45, 2.75) is 31.3 Å². The number of hydrogen-bond acceptors (Lipinski definition) is 5. The molecule has 8 rings (SSSR count). The largest absolute Gasteiger partial charge is 0.382 e. The van der Waals surface area contributed by atoms with Crippen LogP contribution < -0.4 is 5.73 Å². The number of fused-ring (bicyclic) bond motifs is 3. The number of amides is 1. The van der Waals surface area contributed by atoms with E-state index >= 15 is 0 Å². The van der Waals surface area contributed by atoms with Crippen LogP contribution in [0.4, 0.5) is 5.82 Å². The van der Waals surface area contributed by atoms with Gasteiger partial charge in [-0.25, -0.2) is 15.0 Å². The van der Waals surface area contributed by atoms with Crippen molar-refractivity contribution in [2.75, 3.05) is 5.73 Å². The van der Waals surface area contributed by atoms with Gasteiger partial charge in [-0.1, -0.05) is 17.7 Å². The van der Waals surface area contributed by atoms with E-state index < -0.39 is 0 Å². The maximum Gasteiger partial charge on any atom is 0.254 e. The number of anilines is 1. The van der Waals surface area contributed by atoms with Gasteiger partial charge < -0.3 is 15.2 Å². The minimum Gasteiger partial charge on any atom is -0.382 e. The van der Waals surface area contributed by atoms with Crippen LogP contribution in [0.2, 0.25) is 5.02 Å². The average molecular weight is 484 g/mol. The number of aromatic nitrogens is 5. The molecule has 174 valence electrons. The zero-order chi connectivity index (χ0) is 23.7. The van der Waals surface area contributed by atoms with Crippen molar-refractivity contribution in [2.24, 2.45) is 5.92 Å². The van der Waals surface area contributed by atoms with E-state index in [1.807, 2.05) is 56.5 Å². The zero-order valence-corrected chi connectivity index (χ0v) is 19.6. The van der Waals surface area contributed by atoms with Crippen molar-refractivity contribution in [1.29, 1.82) is 0 Å². The third-order valence-corrected chi connectivity index (χ3v) is 7.97. The Kier molecular flexibility index (Phi) is 4.26. The Hall–Kier alpha value is -3.91. The van der Waals surface area contributed by atoms with Gasteiger partial charge in [-0.05, 0) is 61.1 Å². The van der Waals surface area contributed by atoms with Gasteiger partial charge in [-0.3, -0.25) is 9.20 Å². The Morgan fingerprint density at radius 1 is 1.11 bits per heavy atom. The van der Waals surface area contributed by atoms with Crippen molar-refractivity contribution < 1.29 is 4.79 Å². The molecule has 1 amide bonds. The molecule has 3 aromatic heterocycles. The number of nitrogens with two attached hydrogens (primary N) is 1. The van der Waals surface area contributed by atoms with Crippen molar-refractivity contribution in [3.05, 3.63) is 83.8 Å². The summed E-state index contributed by atoms with van der Waals surface area (Å²) in [6.45, 7) is 0.465. The van der Waals surface area contributed by atoms with Crippen LogP contribution in [0.3, 0.4) is 0 Å². The summed E-state index contributed by atoms with van der Waals surface area (Å²) in [7, 11) is 0. The summed E-state index contributed by atoms with van der Waals surface area (Å²) in [5, 5.41) is 0.638. The topological polar surface area (TPSA) is 94.3 Å². The van der Waals surface area contributed by atoms with E-state index in [4.69, 9.17) is 17.3 Å². The third-order valence-electron chi connectivity index (χ3n) is 7.62. The van der Waals surface area contributed by atoms with Crippen LogP contribution in [-0.4, -0.2) is 40.3 Å². The highest BCUT2D eigenvalue weighted by Gasteiger charge is 2.61. The van der Waals surface area contributed by atoms with E-state index in [0.717, 1.165) is 53.0 Å². The summed E-state index contributed by atoms with van der Waals surface area (Å²) in [6, 6.07) is 11.5. The number of halogens is 1. The summed E-state index contributed by atoms with van der Waals surface area (Å²) < 4.78 is 3.79. The molecular weight excluding hydrogens is 462 g/mol. The van der Waals surface area contributed by atoms with Gasteiger partial charge in [-0.15, -0.1) is 0 Å². The lowest BCUT2D eigenvalue weighted by molar-refractivity contribution is -0.127. The molecule has 0 unspecified atom stereocenters. The van der Waals surface area contributed by atoms with Crippen LogP contribution >= 0.6 is 11.6 Å². The standard InChI is InChI=1S/C26H22ClN7O/c27-20-8-19(32-6-5-29-14-32)3-1-18(20)13-34(26-9-16(10-26)11-26)25(35)17-2-4-21-22(7-17)33-15-30-12-23(33)24(28)31-21/h1-8,12,14-16H,9-11,13H2,(H2,28,31). The van der Waals surface area contributed by atoms with Gasteiger partial charge in [-0.2, -0.15) is 0 Å². The molecule has 0 saturated heterocycles. The molecule has 3 aliphatic rings. The quantitative estimate of drug-likeness (QED) is 0.397. The van der Waals surface area contributed by atoms with Crippen molar-refractivity contribution in [1.82, 2.24) is 28.8 Å². The van der Waals surface area contributed by atoms with Crippen LogP contribution in [0, 0.1) is 5.92 Å². The highest BCUT2D eigenvalue weighted by atomic mass is 35.5. The Morgan fingerprint density at radius 3 is 2.69 bits per heavy atom. The molecule has 35 heavy (non-hydrogen) atoms. The van der Waals surface area contributed by atoms with E-state index in [0.29, 0.717) is 22.9 Å². The molecule has 2 N–H and O–H groups in total. The third kappa shape index (κ3) is 3.06. The lowest BCUT2D eigenvalue weighted by atomic mass is 9.49. The minimum absolute atomic E-state index is 0.00453. The fourth-order valence-electron chi connectivity index (χ4n) is 5.59. The van der Waals surface area contributed by atoms with E-state index in [1.54, 1.807) is 25.0 Å². The molecule has 3 fully saturated rings. The Balaban J connectivity index is 1.26. The number of imidazole rings is 2. The molecule has 0 atom stereocenters. The summed E-state index contributed by atoms with van der Waals surface area (Å²) in [5.74, 6) is 1.15. The lowest BCUT2D eigenvalue weighted by Crippen LogP contribution is -2.69. The van der Waals surface area contributed by atoms with Crippen LogP contribution in [0.1, 0.15) is 35.2 Å². The van der Waals surface area contributed by atoms with Crippen LogP contribution in [0.15, 0.2) is 67.6 Å². The number of benzene rings is 2. The van der Waals surface area contributed by atoms with Gasteiger partial charge in [0, 0.05) is 40.8 Å². The predicted molar refractivity (Wildman–Crippen MR) is 133 cm³/mol. The fraction of sp³-hybridized carbons (Fsp3) is 0.231. The summed E-state index contributed by atoms with van der Waals surface area (Å²) in [4.78, 5) is 28.8. The first-order valence-corrected chi connectivity index (χ1v) is 12.0. The second kappa shape index (κ2) is 7.29. The van der Waals surface area contributed by atoms with Crippen molar-refractivity contribution >= 4 is 39.9 Å². The van der Waals surface area contributed by atoms with Crippen LogP contribution in [0.5, 0.6) is 0 Å². The smallest absolute Gasteiger partial charge is 0.254 e. The molecule has 5 aromatic rings. The first-order valence-electron chi connectivity index (χ1n) is 11.6. The number of carbonyl (C=O) groups excluding carboxylic acids is 1. The van der Waals surface area contributed by atoms with E-state index in [-0.39, 0.29) is 11.4 Å². The molecule has 9 heteroatoms. The maximum atomic E-state index is 14.0. The van der Waals surface area contributed by atoms with Gasteiger partial charge in [0.05, 0.1) is 29.9 Å². The zero-order valence-electron chi connectivity index (χ0n) is 18.8. The lowest BCUT2D eigenvalue weighted by Gasteiger charge is -2.66. The highest BCUT2D eigenvalue weighted by Crippen LogP contribution is 2.61.